The molecule has 0 aliphatic rings. The summed E-state index contributed by atoms with van der Waals surface area (Å²) >= 11 is 0. The van der Waals surface area contributed by atoms with E-state index in [1.54, 1.807) is 6.07 Å². The van der Waals surface area contributed by atoms with Crippen molar-refractivity contribution in [1.29, 1.82) is 10.5 Å². The van der Waals surface area contributed by atoms with Crippen molar-refractivity contribution in [3.05, 3.63) is 253 Å². The Hall–Kier alpha value is -10.6. The second kappa shape index (κ2) is 17.0. The van der Waals surface area contributed by atoms with E-state index in [9.17, 15) is 10.5 Å². The second-order valence-corrected chi connectivity index (χ2v) is 19.7. The van der Waals surface area contributed by atoms with Crippen molar-refractivity contribution in [2.45, 2.75) is 6.18 Å². The predicted octanol–water partition coefficient (Wildman–Crippen LogP) is 18.2. The van der Waals surface area contributed by atoms with E-state index in [1.807, 2.05) is 78.9 Å². The normalized spacial score (nSPS) is 12.0. The quantitative estimate of drug-likeness (QED) is 0.167. The van der Waals surface area contributed by atoms with E-state index in [0.717, 1.165) is 121 Å². The minimum absolute atomic E-state index is 0.0538. The highest BCUT2D eigenvalue weighted by atomic mass is 19.4. The van der Waals surface area contributed by atoms with Crippen molar-refractivity contribution in [2.24, 2.45) is 0 Å². The van der Waals surface area contributed by atoms with Crippen molar-refractivity contribution in [2.75, 3.05) is 0 Å². The molecule has 4 aromatic heterocycles. The zero-order chi connectivity index (χ0) is 52.4. The molecule has 15 rings (SSSR count). The summed E-state index contributed by atoms with van der Waals surface area (Å²) in [6.45, 7) is 0. The molecule has 0 spiro atoms. The summed E-state index contributed by atoms with van der Waals surface area (Å²) < 4.78 is 54.9. The van der Waals surface area contributed by atoms with Gasteiger partial charge >= 0.3 is 6.18 Å². The first kappa shape index (κ1) is 44.8. The molecule has 0 bridgehead atoms. The number of hydrogen-bond donors (Lipinski definition) is 0. The van der Waals surface area contributed by atoms with Crippen molar-refractivity contribution >= 4 is 87.2 Å². The molecule has 0 atom stereocenters. The molecule has 4 heterocycles. The molecular formula is C69H39F3N6. The fourth-order valence-corrected chi connectivity index (χ4v) is 12.5. The Morgan fingerprint density at radius 1 is 0.321 bits per heavy atom. The summed E-state index contributed by atoms with van der Waals surface area (Å²) in [5.41, 5.74) is 12.2. The highest BCUT2D eigenvalue weighted by Gasteiger charge is 2.35. The maximum absolute atomic E-state index is 15.3. The fraction of sp³-hybridized carbons (Fsp3) is 0.0145. The Morgan fingerprint density at radius 2 is 0.718 bits per heavy atom. The average Bonchev–Trinajstić information content (AvgIpc) is 4.33. The van der Waals surface area contributed by atoms with Gasteiger partial charge in [-0.1, -0.05) is 146 Å². The molecule has 366 valence electrons. The van der Waals surface area contributed by atoms with E-state index in [4.69, 9.17) is 0 Å². The lowest BCUT2D eigenvalue weighted by atomic mass is 9.93. The van der Waals surface area contributed by atoms with Crippen LogP contribution in [0.1, 0.15) is 16.7 Å². The van der Waals surface area contributed by atoms with Crippen LogP contribution in [0.5, 0.6) is 0 Å². The van der Waals surface area contributed by atoms with Crippen LogP contribution in [0.25, 0.3) is 132 Å². The van der Waals surface area contributed by atoms with Gasteiger partial charge in [-0.25, -0.2) is 0 Å². The second-order valence-electron chi connectivity index (χ2n) is 19.7. The van der Waals surface area contributed by atoms with Gasteiger partial charge < -0.3 is 18.3 Å². The lowest BCUT2D eigenvalue weighted by Gasteiger charge is -2.21. The molecule has 15 aromatic rings. The third-order valence-electron chi connectivity index (χ3n) is 15.6. The number of para-hydroxylation sites is 6. The van der Waals surface area contributed by atoms with E-state index < -0.39 is 11.7 Å². The number of nitriles is 2. The molecule has 0 N–H and O–H groups in total. The van der Waals surface area contributed by atoms with E-state index in [2.05, 4.69) is 164 Å². The Bertz CT molecular complexity index is 5100. The highest BCUT2D eigenvalue weighted by Crippen LogP contribution is 2.48. The maximum Gasteiger partial charge on any atom is 0.417 e. The summed E-state index contributed by atoms with van der Waals surface area (Å²) in [4.78, 5) is 0. The molecule has 9 heteroatoms. The molecule has 78 heavy (non-hydrogen) atoms. The Morgan fingerprint density at radius 3 is 1.19 bits per heavy atom. The molecule has 0 aliphatic heterocycles. The number of halogens is 3. The summed E-state index contributed by atoms with van der Waals surface area (Å²) in [5.74, 6) is 0. The van der Waals surface area contributed by atoms with Crippen LogP contribution in [0.4, 0.5) is 13.2 Å². The third kappa shape index (κ3) is 6.49. The molecule has 0 saturated heterocycles. The fourth-order valence-electron chi connectivity index (χ4n) is 12.5. The van der Waals surface area contributed by atoms with Crippen LogP contribution >= 0.6 is 0 Å². The maximum atomic E-state index is 15.3. The molecule has 0 saturated carbocycles. The molecule has 6 nitrogen and oxygen atoms in total. The Labute approximate surface area is 443 Å². The Balaban J connectivity index is 1.08. The number of fused-ring (bicyclic) bond motifs is 14. The van der Waals surface area contributed by atoms with Crippen LogP contribution in [0, 0.1) is 22.7 Å². The number of aromatic nitrogens is 4. The smallest absolute Gasteiger partial charge is 0.309 e. The van der Waals surface area contributed by atoms with Gasteiger partial charge in [0.25, 0.3) is 0 Å². The zero-order valence-corrected chi connectivity index (χ0v) is 41.3. The van der Waals surface area contributed by atoms with Crippen LogP contribution in [-0.4, -0.2) is 18.3 Å². The summed E-state index contributed by atoms with van der Waals surface area (Å²) in [6, 6.07) is 82.0. The lowest BCUT2D eigenvalue weighted by molar-refractivity contribution is -0.137. The van der Waals surface area contributed by atoms with Crippen molar-refractivity contribution < 1.29 is 13.2 Å². The molecule has 11 aromatic carbocycles. The van der Waals surface area contributed by atoms with Gasteiger partial charge in [-0.2, -0.15) is 23.7 Å². The first-order valence-electron chi connectivity index (χ1n) is 25.6. The number of alkyl halides is 3. The summed E-state index contributed by atoms with van der Waals surface area (Å²) in [6.07, 6.45) is -4.77. The summed E-state index contributed by atoms with van der Waals surface area (Å²) in [7, 11) is 0. The van der Waals surface area contributed by atoms with Gasteiger partial charge in [0.1, 0.15) is 0 Å². The van der Waals surface area contributed by atoms with Gasteiger partial charge in [-0.15, -0.1) is 0 Å². The van der Waals surface area contributed by atoms with Gasteiger partial charge in [0.05, 0.1) is 84.3 Å². The molecule has 0 radical (unpaired) electrons. The SMILES string of the molecule is N#Cc1ccc(-c2ccc(-c3ccc(C#N)cc3C(F)(F)F)cc2-n2c3ccccc3c3c2ccc2c4ccccc4n(-c4ccccc4)c23)c(-n2c3ccccc3c3c2ccc2c4ccccc4n(-c4ccccc4)c23)c1. The number of hydrogen-bond acceptors (Lipinski definition) is 2. The monoisotopic (exact) mass is 1010 g/mol. The van der Waals surface area contributed by atoms with Gasteiger partial charge in [0, 0.05) is 65.6 Å². The van der Waals surface area contributed by atoms with Gasteiger partial charge in [0.15, 0.2) is 0 Å². The molecule has 0 unspecified atom stereocenters. The molecular weight excluding hydrogens is 970 g/mol. The van der Waals surface area contributed by atoms with Crippen LogP contribution in [0.15, 0.2) is 237 Å². The van der Waals surface area contributed by atoms with Crippen LogP contribution in [-0.2, 0) is 6.18 Å². The number of nitrogens with zero attached hydrogens (tertiary/aromatic N) is 6. The van der Waals surface area contributed by atoms with Crippen LogP contribution in [0.3, 0.4) is 0 Å². The van der Waals surface area contributed by atoms with Crippen LogP contribution < -0.4 is 0 Å². The van der Waals surface area contributed by atoms with E-state index in [0.29, 0.717) is 16.8 Å². The number of benzene rings is 11. The standard InChI is InChI=1S/C69H39F3N6/c70-69(71,72)56-37-42(40-73)27-30-47(56)44-29-32-51(64(39-44)78-60-26-14-10-22-55(60)66-62(78)36-34-53-49-20-8-12-24-58(49)76(68(53)66)46-17-5-2-6-18-46)50-31-28-43(41-74)38-63(50)77-59-25-13-9-21-54(59)65-61(77)35-33-52-48-19-7-11-23-57(48)75(67(52)65)45-15-3-1-4-16-45/h1-39H. The van der Waals surface area contributed by atoms with Crippen molar-refractivity contribution in [3.63, 3.8) is 0 Å². The molecule has 0 amide bonds. The zero-order valence-electron chi connectivity index (χ0n) is 41.3. The first-order valence-corrected chi connectivity index (χ1v) is 25.6. The first-order chi connectivity index (χ1) is 38.3. The van der Waals surface area contributed by atoms with E-state index in [1.165, 1.54) is 12.1 Å². The predicted molar refractivity (Wildman–Crippen MR) is 309 cm³/mol. The van der Waals surface area contributed by atoms with Crippen molar-refractivity contribution in [3.8, 4) is 57.1 Å². The van der Waals surface area contributed by atoms with Gasteiger partial charge in [0.2, 0.25) is 0 Å². The summed E-state index contributed by atoms with van der Waals surface area (Å²) in [5, 5.41) is 28.9. The largest absolute Gasteiger partial charge is 0.417 e. The minimum atomic E-state index is -4.77. The van der Waals surface area contributed by atoms with E-state index >= 15 is 13.2 Å². The highest BCUT2D eigenvalue weighted by molar-refractivity contribution is 6.28. The van der Waals surface area contributed by atoms with Gasteiger partial charge in [-0.05, 0) is 102 Å². The van der Waals surface area contributed by atoms with Crippen LogP contribution in [0.2, 0.25) is 0 Å². The van der Waals surface area contributed by atoms with Gasteiger partial charge in [-0.3, -0.25) is 0 Å². The minimum Gasteiger partial charge on any atom is -0.309 e. The topological polar surface area (TPSA) is 67.3 Å². The third-order valence-corrected chi connectivity index (χ3v) is 15.6. The number of rotatable bonds is 6. The van der Waals surface area contributed by atoms with E-state index in [-0.39, 0.29) is 11.1 Å². The molecule has 0 aliphatic carbocycles. The molecule has 0 fully saturated rings. The lowest BCUT2D eigenvalue weighted by Crippen LogP contribution is -2.08. The Kier molecular flexibility index (Phi) is 9.75. The average molecular weight is 1010 g/mol. The van der Waals surface area contributed by atoms with Crippen molar-refractivity contribution in [1.82, 2.24) is 18.3 Å².